The molecule has 0 amide bonds. The van der Waals surface area contributed by atoms with Crippen molar-refractivity contribution >= 4 is 27.4 Å². The fraction of sp³-hybridized carbons (Fsp3) is 0.364. The van der Waals surface area contributed by atoms with Gasteiger partial charge in [0.05, 0.1) is 5.69 Å². The number of Topliss-reactive ketones (excluding diaryl/α,β-unsaturated/α-hetero) is 1. The van der Waals surface area contributed by atoms with Crippen LogP contribution in [0.5, 0.6) is 0 Å². The molecule has 0 bridgehead atoms. The van der Waals surface area contributed by atoms with Crippen LogP contribution in [-0.4, -0.2) is 24.8 Å². The number of carbonyl (C=O) groups excluding carboxylic acids is 1. The summed E-state index contributed by atoms with van der Waals surface area (Å²) in [6, 6.07) is 3.61. The zero-order valence-corrected chi connectivity index (χ0v) is 10.8. The van der Waals surface area contributed by atoms with Gasteiger partial charge >= 0.3 is 0 Å². The first-order chi connectivity index (χ1) is 6.91. The third-order valence-corrected chi connectivity index (χ3v) is 2.76. The molecule has 0 atom stereocenters. The molecule has 0 fully saturated rings. The molecule has 0 aromatic heterocycles. The minimum Gasteiger partial charge on any atom is -0.398 e. The van der Waals surface area contributed by atoms with Gasteiger partial charge in [-0.1, -0.05) is 0 Å². The average molecular weight is 271 g/mol. The van der Waals surface area contributed by atoms with E-state index in [-0.39, 0.29) is 5.78 Å². The summed E-state index contributed by atoms with van der Waals surface area (Å²) in [6.07, 6.45) is 0. The first-order valence-electron chi connectivity index (χ1n) is 4.65. The number of nitrogens with two attached hydrogens (primary N) is 1. The molecule has 1 rings (SSSR count). The largest absolute Gasteiger partial charge is 0.398 e. The third-order valence-electron chi connectivity index (χ3n) is 2.11. The molecule has 1 aromatic carbocycles. The summed E-state index contributed by atoms with van der Waals surface area (Å²) in [4.78, 5) is 13.3. The van der Waals surface area contributed by atoms with Crippen LogP contribution >= 0.6 is 15.9 Å². The van der Waals surface area contributed by atoms with Crippen molar-refractivity contribution in [2.45, 2.75) is 13.5 Å². The normalized spacial score (nSPS) is 10.7. The van der Waals surface area contributed by atoms with Crippen LogP contribution in [0.25, 0.3) is 0 Å². The van der Waals surface area contributed by atoms with Crippen molar-refractivity contribution in [1.82, 2.24) is 4.90 Å². The number of hydrogen-bond acceptors (Lipinski definition) is 3. The van der Waals surface area contributed by atoms with Crippen LogP contribution in [0.3, 0.4) is 0 Å². The van der Waals surface area contributed by atoms with Crippen LogP contribution in [0, 0.1) is 0 Å². The Hall–Kier alpha value is -0.870. The molecule has 82 valence electrons. The molecule has 3 nitrogen and oxygen atoms in total. The fourth-order valence-electron chi connectivity index (χ4n) is 1.35. The number of ketones is 1. The summed E-state index contributed by atoms with van der Waals surface area (Å²) in [5.74, 6) is 0.0516. The predicted molar refractivity (Wildman–Crippen MR) is 65.9 cm³/mol. The number of hydrogen-bond donors (Lipinski definition) is 1. The van der Waals surface area contributed by atoms with E-state index in [1.165, 1.54) is 0 Å². The number of nitrogens with zero attached hydrogens (tertiary/aromatic N) is 1. The van der Waals surface area contributed by atoms with E-state index in [1.807, 2.05) is 25.1 Å². The number of nitrogen functional groups attached to an aromatic ring is 1. The predicted octanol–water partition coefficient (Wildman–Crippen LogP) is 2.30. The molecule has 0 spiro atoms. The van der Waals surface area contributed by atoms with E-state index >= 15 is 0 Å². The Morgan fingerprint density at radius 2 is 2.07 bits per heavy atom. The Balaban J connectivity index is 3.19. The Labute approximate surface area is 98.4 Å². The van der Waals surface area contributed by atoms with Gasteiger partial charge in [0.15, 0.2) is 5.78 Å². The SMILES string of the molecule is CC(=O)c1cc(Br)c(N)c(CN(C)C)c1. The van der Waals surface area contributed by atoms with Crippen molar-refractivity contribution in [2.75, 3.05) is 19.8 Å². The van der Waals surface area contributed by atoms with Gasteiger partial charge in [0, 0.05) is 16.6 Å². The lowest BCUT2D eigenvalue weighted by molar-refractivity contribution is 0.101. The number of rotatable bonds is 3. The molecule has 0 radical (unpaired) electrons. The second-order valence-electron chi connectivity index (χ2n) is 3.82. The summed E-state index contributed by atoms with van der Waals surface area (Å²) >= 11 is 3.36. The highest BCUT2D eigenvalue weighted by Gasteiger charge is 2.09. The number of anilines is 1. The van der Waals surface area contributed by atoms with E-state index in [0.717, 1.165) is 16.6 Å². The van der Waals surface area contributed by atoms with E-state index in [2.05, 4.69) is 15.9 Å². The summed E-state index contributed by atoms with van der Waals surface area (Å²) in [5.41, 5.74) is 8.28. The van der Waals surface area contributed by atoms with Crippen LogP contribution < -0.4 is 5.73 Å². The molecular weight excluding hydrogens is 256 g/mol. The van der Waals surface area contributed by atoms with E-state index in [1.54, 1.807) is 13.0 Å². The first kappa shape index (κ1) is 12.2. The summed E-state index contributed by atoms with van der Waals surface area (Å²) < 4.78 is 0.784. The summed E-state index contributed by atoms with van der Waals surface area (Å²) in [5, 5.41) is 0. The molecule has 0 aliphatic heterocycles. The second-order valence-corrected chi connectivity index (χ2v) is 4.68. The molecule has 1 aromatic rings. The highest BCUT2D eigenvalue weighted by atomic mass is 79.9. The lowest BCUT2D eigenvalue weighted by Gasteiger charge is -2.14. The Morgan fingerprint density at radius 3 is 2.53 bits per heavy atom. The fourth-order valence-corrected chi connectivity index (χ4v) is 1.85. The minimum atomic E-state index is 0.0516. The Bertz CT molecular complexity index is 388. The van der Waals surface area contributed by atoms with Crippen molar-refractivity contribution < 1.29 is 4.79 Å². The van der Waals surface area contributed by atoms with Gasteiger partial charge in [-0.15, -0.1) is 0 Å². The van der Waals surface area contributed by atoms with E-state index < -0.39 is 0 Å². The third kappa shape index (κ3) is 3.04. The Kier molecular flexibility index (Phi) is 3.88. The zero-order chi connectivity index (χ0) is 11.6. The maximum Gasteiger partial charge on any atom is 0.159 e. The standard InChI is InChI=1S/C11H15BrN2O/c1-7(15)8-4-9(6-14(2)3)11(13)10(12)5-8/h4-5H,6,13H2,1-3H3. The maximum atomic E-state index is 11.3. The first-order valence-corrected chi connectivity index (χ1v) is 5.44. The molecule has 0 unspecified atom stereocenters. The number of benzene rings is 1. The quantitative estimate of drug-likeness (QED) is 0.677. The van der Waals surface area contributed by atoms with Crippen LogP contribution in [-0.2, 0) is 6.54 Å². The molecule has 0 aliphatic rings. The molecule has 0 heterocycles. The molecule has 0 saturated heterocycles. The smallest absolute Gasteiger partial charge is 0.159 e. The van der Waals surface area contributed by atoms with Gasteiger partial charge in [-0.25, -0.2) is 0 Å². The highest BCUT2D eigenvalue weighted by molar-refractivity contribution is 9.10. The molecule has 0 aliphatic carbocycles. The van der Waals surface area contributed by atoms with Crippen molar-refractivity contribution in [1.29, 1.82) is 0 Å². The second kappa shape index (κ2) is 4.77. The van der Waals surface area contributed by atoms with Gasteiger partial charge in [-0.2, -0.15) is 0 Å². The lowest BCUT2D eigenvalue weighted by atomic mass is 10.1. The van der Waals surface area contributed by atoms with E-state index in [4.69, 9.17) is 5.73 Å². The molecular formula is C11H15BrN2O. The molecule has 4 heteroatoms. The van der Waals surface area contributed by atoms with Crippen LogP contribution in [0.1, 0.15) is 22.8 Å². The van der Waals surface area contributed by atoms with Crippen LogP contribution in [0.2, 0.25) is 0 Å². The van der Waals surface area contributed by atoms with Gasteiger partial charge in [-0.05, 0) is 54.6 Å². The summed E-state index contributed by atoms with van der Waals surface area (Å²) in [6.45, 7) is 2.28. The van der Waals surface area contributed by atoms with Gasteiger partial charge in [-0.3, -0.25) is 4.79 Å². The van der Waals surface area contributed by atoms with Crippen molar-refractivity contribution in [3.05, 3.63) is 27.7 Å². The monoisotopic (exact) mass is 270 g/mol. The molecule has 0 saturated carbocycles. The topological polar surface area (TPSA) is 46.3 Å². The van der Waals surface area contributed by atoms with E-state index in [9.17, 15) is 4.79 Å². The summed E-state index contributed by atoms with van der Waals surface area (Å²) in [7, 11) is 3.93. The van der Waals surface area contributed by atoms with E-state index in [0.29, 0.717) is 11.3 Å². The van der Waals surface area contributed by atoms with Crippen LogP contribution in [0.4, 0.5) is 5.69 Å². The number of halogens is 1. The average Bonchev–Trinajstić information content (AvgIpc) is 2.11. The van der Waals surface area contributed by atoms with Crippen molar-refractivity contribution in [2.24, 2.45) is 0 Å². The van der Waals surface area contributed by atoms with Gasteiger partial charge in [0.1, 0.15) is 0 Å². The molecule has 15 heavy (non-hydrogen) atoms. The van der Waals surface area contributed by atoms with Crippen molar-refractivity contribution in [3.8, 4) is 0 Å². The Morgan fingerprint density at radius 1 is 1.47 bits per heavy atom. The number of carbonyl (C=O) groups is 1. The zero-order valence-electron chi connectivity index (χ0n) is 9.17. The minimum absolute atomic E-state index is 0.0516. The van der Waals surface area contributed by atoms with Crippen molar-refractivity contribution in [3.63, 3.8) is 0 Å². The molecule has 2 N–H and O–H groups in total. The van der Waals surface area contributed by atoms with Gasteiger partial charge in [0.25, 0.3) is 0 Å². The highest BCUT2D eigenvalue weighted by Crippen LogP contribution is 2.26. The van der Waals surface area contributed by atoms with Crippen LogP contribution in [0.15, 0.2) is 16.6 Å². The van der Waals surface area contributed by atoms with Gasteiger partial charge in [0.2, 0.25) is 0 Å². The van der Waals surface area contributed by atoms with Gasteiger partial charge < -0.3 is 10.6 Å². The lowest BCUT2D eigenvalue weighted by Crippen LogP contribution is -2.13. The maximum absolute atomic E-state index is 11.3.